The summed E-state index contributed by atoms with van der Waals surface area (Å²) in [4.78, 5) is 11.1. The van der Waals surface area contributed by atoms with Gasteiger partial charge in [0.2, 0.25) is 0 Å². The van der Waals surface area contributed by atoms with Gasteiger partial charge in [-0.1, -0.05) is 19.8 Å². The standard InChI is InChI=1S/C16H24N2O2/c1-12-3-5-13(6-4-12)11-17-14-7-9-15(10-8-14)18-16(19)20-2/h7-10,12-13,17H,3-6,11H2,1-2H3,(H,18,19). The van der Waals surface area contributed by atoms with Crippen molar-refractivity contribution in [1.29, 1.82) is 0 Å². The summed E-state index contributed by atoms with van der Waals surface area (Å²) in [6.45, 7) is 3.38. The van der Waals surface area contributed by atoms with Crippen LogP contribution in [0.4, 0.5) is 16.2 Å². The van der Waals surface area contributed by atoms with Gasteiger partial charge in [0.05, 0.1) is 7.11 Å². The summed E-state index contributed by atoms with van der Waals surface area (Å²) in [6, 6.07) is 7.72. The van der Waals surface area contributed by atoms with Crippen LogP contribution in [0.15, 0.2) is 24.3 Å². The van der Waals surface area contributed by atoms with E-state index in [0.29, 0.717) is 0 Å². The maximum absolute atomic E-state index is 11.1. The zero-order chi connectivity index (χ0) is 14.4. The lowest BCUT2D eigenvalue weighted by molar-refractivity contribution is 0.187. The van der Waals surface area contributed by atoms with Crippen molar-refractivity contribution in [2.24, 2.45) is 11.8 Å². The molecule has 0 aromatic heterocycles. The van der Waals surface area contributed by atoms with Crippen molar-refractivity contribution in [3.8, 4) is 0 Å². The summed E-state index contributed by atoms with van der Waals surface area (Å²) in [7, 11) is 1.36. The molecule has 0 radical (unpaired) electrons. The van der Waals surface area contributed by atoms with Gasteiger partial charge in [-0.25, -0.2) is 4.79 Å². The molecule has 0 aliphatic heterocycles. The number of amides is 1. The summed E-state index contributed by atoms with van der Waals surface area (Å²) >= 11 is 0. The summed E-state index contributed by atoms with van der Waals surface area (Å²) in [5, 5.41) is 6.12. The van der Waals surface area contributed by atoms with Crippen LogP contribution in [0.5, 0.6) is 0 Å². The highest BCUT2D eigenvalue weighted by atomic mass is 16.5. The molecule has 2 rings (SSSR count). The number of benzene rings is 1. The fourth-order valence-electron chi connectivity index (χ4n) is 2.64. The fourth-order valence-corrected chi connectivity index (χ4v) is 2.64. The second-order valence-corrected chi connectivity index (χ2v) is 5.70. The van der Waals surface area contributed by atoms with Gasteiger partial charge in [-0.2, -0.15) is 0 Å². The zero-order valence-electron chi connectivity index (χ0n) is 12.3. The van der Waals surface area contributed by atoms with E-state index in [2.05, 4.69) is 22.3 Å². The molecule has 1 aromatic carbocycles. The molecular weight excluding hydrogens is 252 g/mol. The average molecular weight is 276 g/mol. The summed E-state index contributed by atoms with van der Waals surface area (Å²) in [5.41, 5.74) is 1.84. The molecule has 2 N–H and O–H groups in total. The highest BCUT2D eigenvalue weighted by Gasteiger charge is 2.17. The van der Waals surface area contributed by atoms with Crippen LogP contribution >= 0.6 is 0 Å². The number of nitrogens with one attached hydrogen (secondary N) is 2. The van der Waals surface area contributed by atoms with E-state index >= 15 is 0 Å². The molecule has 4 heteroatoms. The predicted molar refractivity (Wildman–Crippen MR) is 82.1 cm³/mol. The molecule has 1 fully saturated rings. The molecular formula is C16H24N2O2. The Morgan fingerprint density at radius 1 is 1.15 bits per heavy atom. The Morgan fingerprint density at radius 3 is 2.35 bits per heavy atom. The van der Waals surface area contributed by atoms with Gasteiger partial charge in [-0.05, 0) is 48.9 Å². The molecule has 0 unspecified atom stereocenters. The van der Waals surface area contributed by atoms with Crippen LogP contribution in [0.1, 0.15) is 32.6 Å². The van der Waals surface area contributed by atoms with E-state index < -0.39 is 6.09 Å². The smallest absolute Gasteiger partial charge is 0.411 e. The third-order valence-corrected chi connectivity index (χ3v) is 4.05. The zero-order valence-corrected chi connectivity index (χ0v) is 12.3. The Morgan fingerprint density at radius 2 is 1.75 bits per heavy atom. The van der Waals surface area contributed by atoms with Crippen molar-refractivity contribution < 1.29 is 9.53 Å². The van der Waals surface area contributed by atoms with Gasteiger partial charge in [0, 0.05) is 17.9 Å². The molecule has 1 amide bonds. The Labute approximate surface area is 120 Å². The molecule has 0 atom stereocenters. The average Bonchev–Trinajstić information content (AvgIpc) is 2.48. The maximum atomic E-state index is 11.1. The lowest BCUT2D eigenvalue weighted by Gasteiger charge is -2.26. The van der Waals surface area contributed by atoms with E-state index in [9.17, 15) is 4.79 Å². The molecule has 0 heterocycles. The van der Waals surface area contributed by atoms with Gasteiger partial charge >= 0.3 is 6.09 Å². The third-order valence-electron chi connectivity index (χ3n) is 4.05. The lowest BCUT2D eigenvalue weighted by Crippen LogP contribution is -2.20. The molecule has 0 saturated heterocycles. The van der Waals surface area contributed by atoms with E-state index in [4.69, 9.17) is 0 Å². The quantitative estimate of drug-likeness (QED) is 0.870. The molecule has 1 aromatic rings. The monoisotopic (exact) mass is 276 g/mol. The van der Waals surface area contributed by atoms with Crippen LogP contribution < -0.4 is 10.6 Å². The minimum atomic E-state index is -0.443. The van der Waals surface area contributed by atoms with E-state index in [0.717, 1.165) is 29.8 Å². The van der Waals surface area contributed by atoms with Crippen LogP contribution in [-0.2, 0) is 4.74 Å². The van der Waals surface area contributed by atoms with Gasteiger partial charge in [0.1, 0.15) is 0 Å². The van der Waals surface area contributed by atoms with E-state index in [-0.39, 0.29) is 0 Å². The van der Waals surface area contributed by atoms with Gasteiger partial charge < -0.3 is 10.1 Å². The van der Waals surface area contributed by atoms with Crippen molar-refractivity contribution in [2.45, 2.75) is 32.6 Å². The number of hydrogen-bond acceptors (Lipinski definition) is 3. The minimum absolute atomic E-state index is 0.443. The molecule has 1 saturated carbocycles. The summed E-state index contributed by atoms with van der Waals surface area (Å²) in [5.74, 6) is 1.69. The van der Waals surface area contributed by atoms with Gasteiger partial charge in [-0.15, -0.1) is 0 Å². The number of ether oxygens (including phenoxy) is 1. The van der Waals surface area contributed by atoms with Gasteiger partial charge in [-0.3, -0.25) is 5.32 Å². The Balaban J connectivity index is 1.77. The van der Waals surface area contributed by atoms with E-state index in [1.165, 1.54) is 32.8 Å². The fraction of sp³-hybridized carbons (Fsp3) is 0.562. The Bertz CT molecular complexity index is 423. The Kier molecular flexibility index (Phi) is 5.27. The first-order chi connectivity index (χ1) is 9.67. The maximum Gasteiger partial charge on any atom is 0.411 e. The van der Waals surface area contributed by atoms with Crippen molar-refractivity contribution >= 4 is 17.5 Å². The van der Waals surface area contributed by atoms with Crippen LogP contribution in [0, 0.1) is 11.8 Å². The number of hydrogen-bond donors (Lipinski definition) is 2. The molecule has 1 aliphatic rings. The second kappa shape index (κ2) is 7.17. The largest absolute Gasteiger partial charge is 0.453 e. The number of carbonyl (C=O) groups is 1. The first-order valence-electron chi connectivity index (χ1n) is 7.36. The summed E-state index contributed by atoms with van der Waals surface area (Å²) < 4.78 is 4.55. The van der Waals surface area contributed by atoms with E-state index in [1.54, 1.807) is 0 Å². The predicted octanol–water partition coefficient (Wildman–Crippen LogP) is 4.10. The van der Waals surface area contributed by atoms with Gasteiger partial charge in [0.15, 0.2) is 0 Å². The van der Waals surface area contributed by atoms with Crippen molar-refractivity contribution in [3.05, 3.63) is 24.3 Å². The molecule has 110 valence electrons. The summed E-state index contributed by atoms with van der Waals surface area (Å²) in [6.07, 6.45) is 4.93. The molecule has 4 nitrogen and oxygen atoms in total. The molecule has 20 heavy (non-hydrogen) atoms. The Hall–Kier alpha value is -1.71. The van der Waals surface area contributed by atoms with E-state index in [1.807, 2.05) is 24.3 Å². The van der Waals surface area contributed by atoms with Crippen LogP contribution in [0.25, 0.3) is 0 Å². The highest BCUT2D eigenvalue weighted by Crippen LogP contribution is 2.28. The molecule has 0 spiro atoms. The topological polar surface area (TPSA) is 50.4 Å². The highest BCUT2D eigenvalue weighted by molar-refractivity contribution is 5.84. The third kappa shape index (κ3) is 4.44. The van der Waals surface area contributed by atoms with Crippen molar-refractivity contribution in [2.75, 3.05) is 24.3 Å². The van der Waals surface area contributed by atoms with Gasteiger partial charge in [0.25, 0.3) is 0 Å². The van der Waals surface area contributed by atoms with Crippen molar-refractivity contribution in [1.82, 2.24) is 0 Å². The minimum Gasteiger partial charge on any atom is -0.453 e. The normalized spacial score (nSPS) is 22.1. The number of carbonyl (C=O) groups excluding carboxylic acids is 1. The lowest BCUT2D eigenvalue weighted by atomic mass is 9.83. The van der Waals surface area contributed by atoms with Crippen LogP contribution in [0.3, 0.4) is 0 Å². The first kappa shape index (κ1) is 14.7. The molecule has 1 aliphatic carbocycles. The second-order valence-electron chi connectivity index (χ2n) is 5.70. The molecule has 0 bridgehead atoms. The number of rotatable bonds is 4. The SMILES string of the molecule is COC(=O)Nc1ccc(NCC2CCC(C)CC2)cc1. The first-order valence-corrected chi connectivity index (χ1v) is 7.36. The number of anilines is 2. The van der Waals surface area contributed by atoms with Crippen molar-refractivity contribution in [3.63, 3.8) is 0 Å². The number of methoxy groups -OCH3 is 1. The van der Waals surface area contributed by atoms with Crippen LogP contribution in [-0.4, -0.2) is 19.7 Å². The van der Waals surface area contributed by atoms with Crippen LogP contribution in [0.2, 0.25) is 0 Å².